The molecule has 2 aromatic carbocycles. The van der Waals surface area contributed by atoms with Crippen molar-refractivity contribution >= 4 is 50.9 Å². The van der Waals surface area contributed by atoms with Crippen LogP contribution in [0.3, 0.4) is 0 Å². The minimum atomic E-state index is -0.675. The number of hydrogen-bond acceptors (Lipinski definition) is 7. The van der Waals surface area contributed by atoms with E-state index < -0.39 is 23.4 Å². The van der Waals surface area contributed by atoms with Gasteiger partial charge >= 0.3 is 5.97 Å². The molecule has 148 valence electrons. The lowest BCUT2D eigenvalue weighted by molar-refractivity contribution is -0.384. The van der Waals surface area contributed by atoms with Crippen LogP contribution in [0.5, 0.6) is 5.75 Å². The van der Waals surface area contributed by atoms with E-state index in [0.29, 0.717) is 0 Å². The molecule has 2 rings (SSSR count). The molecule has 10 heteroatoms. The highest BCUT2D eigenvalue weighted by atomic mass is 79.9. The molecule has 1 N–H and O–H groups in total. The lowest BCUT2D eigenvalue weighted by atomic mass is 10.2. The summed E-state index contributed by atoms with van der Waals surface area (Å²) in [6.45, 7) is 1.38. The first-order chi connectivity index (χ1) is 13.3. The quantitative estimate of drug-likeness (QED) is 0.270. The Bertz CT molecular complexity index is 906. The molecule has 0 aliphatic rings. The molecule has 1 amide bonds. The first kappa shape index (κ1) is 21.7. The van der Waals surface area contributed by atoms with Gasteiger partial charge in [0.15, 0.2) is 6.61 Å². The average Bonchev–Trinajstić information content (AvgIpc) is 2.65. The third-order valence-corrected chi connectivity index (χ3v) is 5.16. The predicted molar refractivity (Wildman–Crippen MR) is 109 cm³/mol. The molecule has 2 aromatic rings. The Hall–Kier alpha value is -2.59. The fourth-order valence-corrected chi connectivity index (χ4v) is 3.46. The van der Waals surface area contributed by atoms with Gasteiger partial charge in [0, 0.05) is 9.37 Å². The van der Waals surface area contributed by atoms with Crippen molar-refractivity contribution in [1.82, 2.24) is 0 Å². The van der Waals surface area contributed by atoms with Crippen molar-refractivity contribution in [2.75, 3.05) is 24.8 Å². The molecular weight excluding hydrogens is 452 g/mol. The van der Waals surface area contributed by atoms with E-state index >= 15 is 0 Å². The molecule has 0 aromatic heterocycles. The van der Waals surface area contributed by atoms with Crippen LogP contribution in [0.25, 0.3) is 0 Å². The molecule has 0 bridgehead atoms. The Kier molecular flexibility index (Phi) is 7.82. The lowest BCUT2D eigenvalue weighted by Gasteiger charge is -2.09. The normalized spacial score (nSPS) is 10.2. The Morgan fingerprint density at radius 2 is 2.00 bits per heavy atom. The number of esters is 1. The second-order valence-corrected chi connectivity index (χ2v) is 7.48. The summed E-state index contributed by atoms with van der Waals surface area (Å²) in [5.74, 6) is -0.909. The molecule has 0 saturated heterocycles. The molecule has 0 unspecified atom stereocenters. The summed E-state index contributed by atoms with van der Waals surface area (Å²) < 4.78 is 10.8. The first-order valence-electron chi connectivity index (χ1n) is 7.97. The van der Waals surface area contributed by atoms with Crippen LogP contribution in [-0.2, 0) is 14.3 Å². The molecule has 0 atom stereocenters. The number of amides is 1. The number of halogens is 1. The number of carbonyl (C=O) groups excluding carboxylic acids is 2. The molecule has 0 aliphatic carbocycles. The number of thioether (sulfide) groups is 1. The number of methoxy groups -OCH3 is 1. The Labute approximate surface area is 173 Å². The van der Waals surface area contributed by atoms with Crippen LogP contribution in [0.15, 0.2) is 45.8 Å². The van der Waals surface area contributed by atoms with Gasteiger partial charge in [-0.15, -0.1) is 11.8 Å². The van der Waals surface area contributed by atoms with E-state index in [1.165, 1.54) is 37.1 Å². The van der Waals surface area contributed by atoms with Crippen LogP contribution in [-0.4, -0.2) is 36.3 Å². The van der Waals surface area contributed by atoms with Crippen molar-refractivity contribution in [2.24, 2.45) is 0 Å². The molecule has 0 spiro atoms. The van der Waals surface area contributed by atoms with E-state index in [9.17, 15) is 19.7 Å². The topological polar surface area (TPSA) is 108 Å². The van der Waals surface area contributed by atoms with E-state index in [4.69, 9.17) is 9.47 Å². The van der Waals surface area contributed by atoms with Gasteiger partial charge in [0.05, 0.1) is 23.9 Å². The summed E-state index contributed by atoms with van der Waals surface area (Å²) in [5, 5.41) is 13.5. The zero-order chi connectivity index (χ0) is 20.7. The number of benzene rings is 2. The van der Waals surface area contributed by atoms with Crippen molar-refractivity contribution in [3.8, 4) is 5.75 Å². The first-order valence-corrected chi connectivity index (χ1v) is 9.75. The van der Waals surface area contributed by atoms with Gasteiger partial charge in [-0.25, -0.2) is 0 Å². The van der Waals surface area contributed by atoms with Crippen LogP contribution < -0.4 is 10.1 Å². The number of aryl methyl sites for hydroxylation is 1. The fourth-order valence-electron chi connectivity index (χ4n) is 2.18. The second-order valence-electron chi connectivity index (χ2n) is 5.55. The van der Waals surface area contributed by atoms with Gasteiger partial charge in [0.25, 0.3) is 11.6 Å². The molecule has 28 heavy (non-hydrogen) atoms. The summed E-state index contributed by atoms with van der Waals surface area (Å²) in [6, 6.07) is 9.71. The fraction of sp³-hybridized carbons (Fsp3) is 0.222. The summed E-state index contributed by atoms with van der Waals surface area (Å²) >= 11 is 4.67. The zero-order valence-electron chi connectivity index (χ0n) is 15.1. The van der Waals surface area contributed by atoms with Crippen molar-refractivity contribution in [2.45, 2.75) is 11.8 Å². The monoisotopic (exact) mass is 468 g/mol. The number of nitrogens with zero attached hydrogens (tertiary/aromatic N) is 1. The summed E-state index contributed by atoms with van der Waals surface area (Å²) in [6.07, 6.45) is 0. The number of anilines is 1. The smallest absolute Gasteiger partial charge is 0.316 e. The van der Waals surface area contributed by atoms with E-state index in [1.54, 1.807) is 0 Å². The zero-order valence-corrected chi connectivity index (χ0v) is 17.5. The predicted octanol–water partition coefficient (Wildman–Crippen LogP) is 3.95. The number of nitrogens with one attached hydrogen (secondary N) is 1. The number of nitro benzene ring substituents is 1. The standard InChI is InChI=1S/C18H17BrN2O6S/c1-11-7-12(19)3-6-16(11)28-10-18(23)27-9-17(22)20-14-5-4-13(26-2)8-15(14)21(24)25/h3-8H,9-10H2,1-2H3,(H,20,22). The number of rotatable bonds is 8. The van der Waals surface area contributed by atoms with Crippen LogP contribution >= 0.6 is 27.7 Å². The second kappa shape index (κ2) is 10.1. The van der Waals surface area contributed by atoms with Gasteiger partial charge in [0.1, 0.15) is 11.4 Å². The highest BCUT2D eigenvalue weighted by molar-refractivity contribution is 9.10. The van der Waals surface area contributed by atoms with E-state index in [2.05, 4.69) is 21.2 Å². The van der Waals surface area contributed by atoms with Crippen LogP contribution in [0.2, 0.25) is 0 Å². The lowest BCUT2D eigenvalue weighted by Crippen LogP contribution is -2.22. The van der Waals surface area contributed by atoms with Gasteiger partial charge in [-0.05, 0) is 42.8 Å². The van der Waals surface area contributed by atoms with E-state index in [0.717, 1.165) is 14.9 Å². The van der Waals surface area contributed by atoms with Crippen molar-refractivity contribution in [3.05, 3.63) is 56.5 Å². The van der Waals surface area contributed by atoms with E-state index in [1.807, 2.05) is 25.1 Å². The Morgan fingerprint density at radius 1 is 1.25 bits per heavy atom. The van der Waals surface area contributed by atoms with Gasteiger partial charge in [-0.1, -0.05) is 15.9 Å². The number of hydrogen-bond donors (Lipinski definition) is 1. The highest BCUT2D eigenvalue weighted by Gasteiger charge is 2.18. The SMILES string of the molecule is COc1ccc(NC(=O)COC(=O)CSc2ccc(Br)cc2C)c([N+](=O)[O-])c1. The largest absolute Gasteiger partial charge is 0.496 e. The van der Waals surface area contributed by atoms with Gasteiger partial charge in [0.2, 0.25) is 0 Å². The molecular formula is C18H17BrN2O6S. The summed E-state index contributed by atoms with van der Waals surface area (Å²) in [4.78, 5) is 35.2. The summed E-state index contributed by atoms with van der Waals surface area (Å²) in [5.41, 5.74) is 0.684. The number of ether oxygens (including phenoxy) is 2. The minimum Gasteiger partial charge on any atom is -0.496 e. The van der Waals surface area contributed by atoms with Crippen LogP contribution in [0.4, 0.5) is 11.4 Å². The van der Waals surface area contributed by atoms with E-state index in [-0.39, 0.29) is 22.9 Å². The molecule has 0 heterocycles. The third kappa shape index (κ3) is 6.24. The van der Waals surface area contributed by atoms with Crippen molar-refractivity contribution < 1.29 is 24.0 Å². The number of nitro groups is 1. The molecule has 0 saturated carbocycles. The minimum absolute atomic E-state index is 0.00767. The summed E-state index contributed by atoms with van der Waals surface area (Å²) in [7, 11) is 1.38. The Morgan fingerprint density at radius 3 is 2.64 bits per heavy atom. The maximum Gasteiger partial charge on any atom is 0.316 e. The van der Waals surface area contributed by atoms with Gasteiger partial charge in [-0.3, -0.25) is 19.7 Å². The molecule has 8 nitrogen and oxygen atoms in total. The third-order valence-electron chi connectivity index (χ3n) is 3.52. The Balaban J connectivity index is 1.86. The van der Waals surface area contributed by atoms with Gasteiger partial charge in [-0.2, -0.15) is 0 Å². The molecule has 0 aliphatic heterocycles. The van der Waals surface area contributed by atoms with Crippen LogP contribution in [0, 0.1) is 17.0 Å². The van der Waals surface area contributed by atoms with Crippen molar-refractivity contribution in [1.29, 1.82) is 0 Å². The molecule has 0 fully saturated rings. The van der Waals surface area contributed by atoms with Gasteiger partial charge < -0.3 is 14.8 Å². The maximum atomic E-state index is 12.0. The average molecular weight is 469 g/mol. The highest BCUT2D eigenvalue weighted by Crippen LogP contribution is 2.29. The molecule has 0 radical (unpaired) electrons. The maximum absolute atomic E-state index is 12.0. The van der Waals surface area contributed by atoms with Crippen LogP contribution in [0.1, 0.15) is 5.56 Å². The number of carbonyl (C=O) groups is 2. The van der Waals surface area contributed by atoms with Crippen molar-refractivity contribution in [3.63, 3.8) is 0 Å².